The van der Waals surface area contributed by atoms with E-state index in [0.717, 1.165) is 25.7 Å². The molecule has 0 spiro atoms. The van der Waals surface area contributed by atoms with Gasteiger partial charge in [0, 0.05) is 36.7 Å². The largest absolute Gasteiger partial charge is 0.497 e. The van der Waals surface area contributed by atoms with E-state index in [1.807, 2.05) is 4.90 Å². The summed E-state index contributed by atoms with van der Waals surface area (Å²) in [4.78, 5) is 27.0. The Balaban J connectivity index is 1.93. The monoisotopic (exact) mass is 362 g/mol. The fourth-order valence-electron chi connectivity index (χ4n) is 3.35. The molecule has 144 valence electrons. The lowest BCUT2D eigenvalue weighted by molar-refractivity contribution is -0.136. The number of benzene rings is 1. The number of likely N-dealkylation sites (tertiary alicyclic amines) is 1. The lowest BCUT2D eigenvalue weighted by Crippen LogP contribution is -2.48. The number of ether oxygens (including phenoxy) is 2. The summed E-state index contributed by atoms with van der Waals surface area (Å²) < 4.78 is 10.4. The van der Waals surface area contributed by atoms with Crippen molar-refractivity contribution < 1.29 is 19.1 Å². The maximum Gasteiger partial charge on any atom is 0.251 e. The van der Waals surface area contributed by atoms with Gasteiger partial charge >= 0.3 is 0 Å². The summed E-state index contributed by atoms with van der Waals surface area (Å²) in [5, 5.41) is 3.07. The number of nitrogens with one attached hydrogen (secondary N) is 1. The number of methoxy groups -OCH3 is 2. The number of hydrogen-bond acceptors (Lipinski definition) is 4. The van der Waals surface area contributed by atoms with E-state index < -0.39 is 0 Å². The molecule has 0 bridgehead atoms. The van der Waals surface area contributed by atoms with Gasteiger partial charge < -0.3 is 19.7 Å². The maximum atomic E-state index is 12.6. The Hall–Kier alpha value is -2.24. The first-order valence-electron chi connectivity index (χ1n) is 9.35. The molecule has 2 amide bonds. The van der Waals surface area contributed by atoms with E-state index in [9.17, 15) is 9.59 Å². The number of carbonyl (C=O) groups is 2. The first-order valence-corrected chi connectivity index (χ1v) is 9.35. The molecule has 2 rings (SSSR count). The summed E-state index contributed by atoms with van der Waals surface area (Å²) in [5.41, 5.74) is 0.511. The standard InChI is InChI=1S/C20H30N2O4/c1-5-14(6-2)20(24)22-9-7-16(8-10-22)21-19(23)15-11-17(25-3)13-18(12-15)26-4/h11-14,16H,5-10H2,1-4H3,(H,21,23). The van der Waals surface area contributed by atoms with Crippen molar-refractivity contribution >= 4 is 11.8 Å². The van der Waals surface area contributed by atoms with Crippen molar-refractivity contribution in [3.8, 4) is 11.5 Å². The van der Waals surface area contributed by atoms with Crippen LogP contribution in [0.1, 0.15) is 49.9 Å². The third-order valence-electron chi connectivity index (χ3n) is 5.09. The Kier molecular flexibility index (Phi) is 7.30. The number of piperidine rings is 1. The molecular formula is C20H30N2O4. The molecule has 1 aliphatic rings. The van der Waals surface area contributed by atoms with Gasteiger partial charge in [-0.3, -0.25) is 9.59 Å². The number of carbonyl (C=O) groups excluding carboxylic acids is 2. The highest BCUT2D eigenvalue weighted by Crippen LogP contribution is 2.23. The quantitative estimate of drug-likeness (QED) is 0.810. The topological polar surface area (TPSA) is 67.9 Å². The Morgan fingerprint density at radius 2 is 1.62 bits per heavy atom. The number of rotatable bonds is 7. The van der Waals surface area contributed by atoms with E-state index in [-0.39, 0.29) is 23.8 Å². The zero-order valence-corrected chi connectivity index (χ0v) is 16.2. The Bertz CT molecular complexity index is 598. The Morgan fingerprint density at radius 3 is 2.08 bits per heavy atom. The summed E-state index contributed by atoms with van der Waals surface area (Å²) >= 11 is 0. The second-order valence-electron chi connectivity index (χ2n) is 6.69. The third kappa shape index (κ3) is 4.90. The minimum absolute atomic E-state index is 0.0745. The molecule has 6 nitrogen and oxygen atoms in total. The van der Waals surface area contributed by atoms with Crippen LogP contribution in [0.2, 0.25) is 0 Å². The van der Waals surface area contributed by atoms with Crippen LogP contribution in [0.5, 0.6) is 11.5 Å². The molecule has 26 heavy (non-hydrogen) atoms. The molecule has 1 fully saturated rings. The summed E-state index contributed by atoms with van der Waals surface area (Å²) in [6, 6.07) is 5.21. The van der Waals surface area contributed by atoms with Crippen LogP contribution in [0.25, 0.3) is 0 Å². The molecule has 0 unspecified atom stereocenters. The molecule has 0 aromatic heterocycles. The van der Waals surface area contributed by atoms with E-state index >= 15 is 0 Å². The van der Waals surface area contributed by atoms with Crippen molar-refractivity contribution in [2.45, 2.75) is 45.6 Å². The molecule has 0 atom stereocenters. The average molecular weight is 362 g/mol. The van der Waals surface area contributed by atoms with Gasteiger partial charge in [0.15, 0.2) is 0 Å². The van der Waals surface area contributed by atoms with Gasteiger partial charge in [-0.1, -0.05) is 13.8 Å². The minimum atomic E-state index is -0.146. The molecule has 6 heteroatoms. The van der Waals surface area contributed by atoms with E-state index in [4.69, 9.17) is 9.47 Å². The molecule has 1 heterocycles. The SMILES string of the molecule is CCC(CC)C(=O)N1CCC(NC(=O)c2cc(OC)cc(OC)c2)CC1. The number of amides is 2. The molecule has 1 N–H and O–H groups in total. The van der Waals surface area contributed by atoms with Gasteiger partial charge in [-0.2, -0.15) is 0 Å². The van der Waals surface area contributed by atoms with Crippen LogP contribution in [0, 0.1) is 5.92 Å². The zero-order chi connectivity index (χ0) is 19.1. The van der Waals surface area contributed by atoms with E-state index in [1.54, 1.807) is 32.4 Å². The first kappa shape index (κ1) is 20.1. The third-order valence-corrected chi connectivity index (χ3v) is 5.09. The van der Waals surface area contributed by atoms with Gasteiger partial charge in [0.05, 0.1) is 14.2 Å². The van der Waals surface area contributed by atoms with Crippen LogP contribution in [0.4, 0.5) is 0 Å². The normalized spacial score (nSPS) is 15.0. The highest BCUT2D eigenvalue weighted by Gasteiger charge is 2.27. The van der Waals surface area contributed by atoms with Gasteiger partial charge in [-0.25, -0.2) is 0 Å². The van der Waals surface area contributed by atoms with Gasteiger partial charge in [-0.15, -0.1) is 0 Å². The molecule has 0 radical (unpaired) electrons. The lowest BCUT2D eigenvalue weighted by Gasteiger charge is -2.34. The summed E-state index contributed by atoms with van der Waals surface area (Å²) in [5.74, 6) is 1.38. The zero-order valence-electron chi connectivity index (χ0n) is 16.2. The van der Waals surface area contributed by atoms with Crippen molar-refractivity contribution in [3.05, 3.63) is 23.8 Å². The fourth-order valence-corrected chi connectivity index (χ4v) is 3.35. The second kappa shape index (κ2) is 9.46. The molecule has 1 aromatic rings. The molecule has 1 saturated heterocycles. The number of nitrogens with zero attached hydrogens (tertiary/aromatic N) is 1. The Labute approximate surface area is 155 Å². The van der Waals surface area contributed by atoms with Crippen molar-refractivity contribution in [3.63, 3.8) is 0 Å². The van der Waals surface area contributed by atoms with Crippen LogP contribution in [0.15, 0.2) is 18.2 Å². The van der Waals surface area contributed by atoms with Crippen LogP contribution in [-0.4, -0.2) is 50.1 Å². The van der Waals surface area contributed by atoms with Gasteiger partial charge in [-0.05, 0) is 37.8 Å². The van der Waals surface area contributed by atoms with Crippen molar-refractivity contribution in [1.29, 1.82) is 0 Å². The van der Waals surface area contributed by atoms with Gasteiger partial charge in [0.2, 0.25) is 5.91 Å². The fraction of sp³-hybridized carbons (Fsp3) is 0.600. The molecule has 1 aromatic carbocycles. The second-order valence-corrected chi connectivity index (χ2v) is 6.69. The Morgan fingerprint density at radius 1 is 1.08 bits per heavy atom. The van der Waals surface area contributed by atoms with E-state index in [1.165, 1.54) is 0 Å². The van der Waals surface area contributed by atoms with Crippen LogP contribution >= 0.6 is 0 Å². The first-order chi connectivity index (χ1) is 12.5. The van der Waals surface area contributed by atoms with Crippen molar-refractivity contribution in [1.82, 2.24) is 10.2 Å². The lowest BCUT2D eigenvalue weighted by atomic mass is 9.98. The molecular weight excluding hydrogens is 332 g/mol. The van der Waals surface area contributed by atoms with E-state index in [2.05, 4.69) is 19.2 Å². The molecule has 0 saturated carbocycles. The maximum absolute atomic E-state index is 12.6. The minimum Gasteiger partial charge on any atom is -0.497 e. The van der Waals surface area contributed by atoms with Crippen molar-refractivity contribution in [2.24, 2.45) is 5.92 Å². The highest BCUT2D eigenvalue weighted by atomic mass is 16.5. The van der Waals surface area contributed by atoms with Crippen molar-refractivity contribution in [2.75, 3.05) is 27.3 Å². The smallest absolute Gasteiger partial charge is 0.251 e. The van der Waals surface area contributed by atoms with Crippen LogP contribution in [-0.2, 0) is 4.79 Å². The number of hydrogen-bond donors (Lipinski definition) is 1. The average Bonchev–Trinajstić information content (AvgIpc) is 2.68. The van der Waals surface area contributed by atoms with Gasteiger partial charge in [0.25, 0.3) is 5.91 Å². The molecule has 0 aliphatic carbocycles. The van der Waals surface area contributed by atoms with Gasteiger partial charge in [0.1, 0.15) is 11.5 Å². The molecule has 1 aliphatic heterocycles. The summed E-state index contributed by atoms with van der Waals surface area (Å²) in [6.45, 7) is 5.51. The summed E-state index contributed by atoms with van der Waals surface area (Å²) in [6.07, 6.45) is 3.31. The van der Waals surface area contributed by atoms with E-state index in [0.29, 0.717) is 30.2 Å². The van der Waals surface area contributed by atoms with Crippen LogP contribution < -0.4 is 14.8 Å². The predicted molar refractivity (Wildman–Crippen MR) is 101 cm³/mol. The highest BCUT2D eigenvalue weighted by molar-refractivity contribution is 5.95. The van der Waals surface area contributed by atoms with Crippen LogP contribution in [0.3, 0.4) is 0 Å². The summed E-state index contributed by atoms with van der Waals surface area (Å²) in [7, 11) is 3.12. The predicted octanol–water partition coefficient (Wildman–Crippen LogP) is 2.86.